The molecule has 0 aromatic rings. The molecule has 3 N–H and O–H groups in total. The first-order valence-electron chi connectivity index (χ1n) is 7.02. The Balaban J connectivity index is 0.00000180. The number of hydrogen-bond donors (Lipinski definition) is 2. The second-order valence-corrected chi connectivity index (χ2v) is 6.62. The average Bonchev–Trinajstić information content (AvgIpc) is 2.99. The Labute approximate surface area is 126 Å². The van der Waals surface area contributed by atoms with Gasteiger partial charge in [0.25, 0.3) is 0 Å². The first kappa shape index (κ1) is 17.1. The van der Waals surface area contributed by atoms with Crippen molar-refractivity contribution in [3.63, 3.8) is 0 Å². The van der Waals surface area contributed by atoms with Gasteiger partial charge in [0.05, 0.1) is 6.10 Å². The molecule has 1 saturated heterocycles. The van der Waals surface area contributed by atoms with E-state index < -0.39 is 0 Å². The van der Waals surface area contributed by atoms with Crippen molar-refractivity contribution in [3.05, 3.63) is 0 Å². The van der Waals surface area contributed by atoms with Gasteiger partial charge in [-0.05, 0) is 31.4 Å². The van der Waals surface area contributed by atoms with Crippen molar-refractivity contribution in [1.82, 2.24) is 5.32 Å². The number of nitrogens with one attached hydrogen (secondary N) is 1. The minimum absolute atomic E-state index is 0. The van der Waals surface area contributed by atoms with Crippen LogP contribution in [0, 0.1) is 0 Å². The summed E-state index contributed by atoms with van der Waals surface area (Å²) in [5.74, 6) is 1.19. The maximum atomic E-state index is 12.1. The van der Waals surface area contributed by atoms with Gasteiger partial charge >= 0.3 is 0 Å². The van der Waals surface area contributed by atoms with Gasteiger partial charge < -0.3 is 15.8 Å². The van der Waals surface area contributed by atoms with E-state index in [2.05, 4.69) is 12.2 Å². The molecule has 2 rings (SSSR count). The summed E-state index contributed by atoms with van der Waals surface area (Å²) in [5, 5.41) is 3.76. The summed E-state index contributed by atoms with van der Waals surface area (Å²) in [6, 6.07) is 0.336. The summed E-state index contributed by atoms with van der Waals surface area (Å²) < 4.78 is 5.63. The Kier molecular flexibility index (Phi) is 7.50. The number of hydrogen-bond acceptors (Lipinski definition) is 4. The van der Waals surface area contributed by atoms with Gasteiger partial charge in [0.2, 0.25) is 5.91 Å². The van der Waals surface area contributed by atoms with Crippen LogP contribution in [0.1, 0.15) is 39.0 Å². The van der Waals surface area contributed by atoms with E-state index in [-0.39, 0.29) is 30.5 Å². The third-order valence-electron chi connectivity index (χ3n) is 3.82. The maximum Gasteiger partial charge on any atom is 0.249 e. The minimum atomic E-state index is -0.272. The molecule has 19 heavy (non-hydrogen) atoms. The van der Waals surface area contributed by atoms with E-state index in [0.717, 1.165) is 25.0 Å². The molecule has 1 aliphatic carbocycles. The van der Waals surface area contributed by atoms with Gasteiger partial charge in [-0.25, -0.2) is 0 Å². The normalized spacial score (nSPS) is 34.0. The number of rotatable bonds is 5. The SMILES string of the molecule is CCSC1CCCC1NC(=O)[C@@H]1CC[C@H](CN)O1.Cl. The Hall–Kier alpha value is 0.0300. The predicted molar refractivity (Wildman–Crippen MR) is 81.9 cm³/mol. The van der Waals surface area contributed by atoms with Gasteiger partial charge in [-0.15, -0.1) is 12.4 Å². The topological polar surface area (TPSA) is 64.4 Å². The molecule has 0 radical (unpaired) electrons. The smallest absolute Gasteiger partial charge is 0.249 e. The molecule has 2 unspecified atom stereocenters. The monoisotopic (exact) mass is 308 g/mol. The quantitative estimate of drug-likeness (QED) is 0.811. The molecule has 0 aromatic heterocycles. The molecule has 4 atom stereocenters. The van der Waals surface area contributed by atoms with Gasteiger partial charge in [-0.1, -0.05) is 13.3 Å². The number of amides is 1. The summed E-state index contributed by atoms with van der Waals surface area (Å²) in [6.07, 6.45) is 5.08. The molecule has 1 aliphatic heterocycles. The van der Waals surface area contributed by atoms with Crippen LogP contribution in [0.3, 0.4) is 0 Å². The third kappa shape index (κ3) is 4.52. The zero-order valence-electron chi connectivity index (χ0n) is 11.5. The molecular weight excluding hydrogens is 284 g/mol. The molecular formula is C13H25ClN2O2S. The van der Waals surface area contributed by atoms with E-state index in [1.807, 2.05) is 11.8 Å². The van der Waals surface area contributed by atoms with Crippen molar-refractivity contribution in [2.75, 3.05) is 12.3 Å². The van der Waals surface area contributed by atoms with E-state index >= 15 is 0 Å². The number of carbonyl (C=O) groups excluding carboxylic acids is 1. The van der Waals surface area contributed by atoms with Crippen LogP contribution in [-0.2, 0) is 9.53 Å². The highest BCUT2D eigenvalue weighted by atomic mass is 35.5. The van der Waals surface area contributed by atoms with Crippen molar-refractivity contribution in [2.45, 2.75) is 62.5 Å². The van der Waals surface area contributed by atoms with Crippen molar-refractivity contribution in [1.29, 1.82) is 0 Å². The summed E-state index contributed by atoms with van der Waals surface area (Å²) in [6.45, 7) is 2.69. The fourth-order valence-corrected chi connectivity index (χ4v) is 4.05. The van der Waals surface area contributed by atoms with Crippen LogP contribution in [-0.4, -0.2) is 41.7 Å². The van der Waals surface area contributed by atoms with Crippen LogP contribution in [0.15, 0.2) is 0 Å². The van der Waals surface area contributed by atoms with Gasteiger partial charge in [-0.3, -0.25) is 4.79 Å². The van der Waals surface area contributed by atoms with Crippen LogP contribution in [0.5, 0.6) is 0 Å². The standard InChI is InChI=1S/C13H24N2O2S.ClH/c1-2-18-12-5-3-4-10(12)15-13(16)11-7-6-9(8-14)17-11;/h9-12H,2-8,14H2,1H3,(H,15,16);1H/t9-,10?,11+,12?;/m1./s1. The van der Waals surface area contributed by atoms with E-state index in [4.69, 9.17) is 10.5 Å². The molecule has 4 nitrogen and oxygen atoms in total. The molecule has 0 spiro atoms. The Bertz CT molecular complexity index is 294. The Morgan fingerprint density at radius 2 is 2.16 bits per heavy atom. The average molecular weight is 309 g/mol. The molecule has 2 fully saturated rings. The summed E-state index contributed by atoms with van der Waals surface area (Å²) in [5.41, 5.74) is 5.56. The Morgan fingerprint density at radius 1 is 1.37 bits per heavy atom. The summed E-state index contributed by atoms with van der Waals surface area (Å²) >= 11 is 1.96. The maximum absolute atomic E-state index is 12.1. The first-order valence-corrected chi connectivity index (χ1v) is 8.07. The van der Waals surface area contributed by atoms with Crippen molar-refractivity contribution in [3.8, 4) is 0 Å². The lowest BCUT2D eigenvalue weighted by Gasteiger charge is -2.22. The lowest BCUT2D eigenvalue weighted by molar-refractivity contribution is -0.132. The lowest BCUT2D eigenvalue weighted by Crippen LogP contribution is -2.44. The number of halogens is 1. The fraction of sp³-hybridized carbons (Fsp3) is 0.923. The fourth-order valence-electron chi connectivity index (χ4n) is 2.85. The molecule has 0 bridgehead atoms. The predicted octanol–water partition coefficient (Wildman–Crippen LogP) is 1.70. The molecule has 112 valence electrons. The van der Waals surface area contributed by atoms with Gasteiger partial charge in [0, 0.05) is 17.8 Å². The second kappa shape index (κ2) is 8.35. The molecule has 1 amide bonds. The van der Waals surface area contributed by atoms with Gasteiger partial charge in [0.1, 0.15) is 6.10 Å². The molecule has 0 aromatic carbocycles. The number of thioether (sulfide) groups is 1. The van der Waals surface area contributed by atoms with Crippen molar-refractivity contribution < 1.29 is 9.53 Å². The van der Waals surface area contributed by atoms with Crippen molar-refractivity contribution >= 4 is 30.1 Å². The van der Waals surface area contributed by atoms with E-state index in [1.54, 1.807) is 0 Å². The molecule has 1 saturated carbocycles. The highest BCUT2D eigenvalue weighted by molar-refractivity contribution is 7.99. The van der Waals surface area contributed by atoms with Crippen LogP contribution in [0.2, 0.25) is 0 Å². The van der Waals surface area contributed by atoms with Gasteiger partial charge in [-0.2, -0.15) is 11.8 Å². The molecule has 1 heterocycles. The Morgan fingerprint density at radius 3 is 2.79 bits per heavy atom. The molecule has 2 aliphatic rings. The lowest BCUT2D eigenvalue weighted by atomic mass is 10.1. The van der Waals surface area contributed by atoms with Crippen molar-refractivity contribution in [2.24, 2.45) is 5.73 Å². The van der Waals surface area contributed by atoms with E-state index in [9.17, 15) is 4.79 Å². The molecule has 6 heteroatoms. The van der Waals surface area contributed by atoms with Crippen LogP contribution < -0.4 is 11.1 Å². The van der Waals surface area contributed by atoms with Crippen LogP contribution in [0.4, 0.5) is 0 Å². The zero-order chi connectivity index (χ0) is 13.0. The minimum Gasteiger partial charge on any atom is -0.364 e. The zero-order valence-corrected chi connectivity index (χ0v) is 13.1. The summed E-state index contributed by atoms with van der Waals surface area (Å²) in [7, 11) is 0. The first-order chi connectivity index (χ1) is 8.74. The number of ether oxygens (including phenoxy) is 1. The van der Waals surface area contributed by atoms with E-state index in [1.165, 1.54) is 12.8 Å². The summed E-state index contributed by atoms with van der Waals surface area (Å²) in [4.78, 5) is 12.1. The number of nitrogens with two attached hydrogens (primary N) is 1. The second-order valence-electron chi connectivity index (χ2n) is 5.10. The highest BCUT2D eigenvalue weighted by Crippen LogP contribution is 2.30. The third-order valence-corrected chi connectivity index (χ3v) is 5.15. The van der Waals surface area contributed by atoms with E-state index in [0.29, 0.717) is 17.8 Å². The number of carbonyl (C=O) groups is 1. The highest BCUT2D eigenvalue weighted by Gasteiger charge is 2.34. The largest absolute Gasteiger partial charge is 0.364 e. The van der Waals surface area contributed by atoms with Gasteiger partial charge in [0.15, 0.2) is 0 Å². The van der Waals surface area contributed by atoms with Crippen LogP contribution in [0.25, 0.3) is 0 Å². The van der Waals surface area contributed by atoms with Crippen LogP contribution >= 0.6 is 24.2 Å².